The van der Waals surface area contributed by atoms with Crippen molar-refractivity contribution in [1.29, 1.82) is 0 Å². The number of ether oxygens (including phenoxy) is 1. The predicted octanol–water partition coefficient (Wildman–Crippen LogP) is 4.12. The van der Waals surface area contributed by atoms with Crippen molar-refractivity contribution in [3.05, 3.63) is 41.5 Å². The first-order chi connectivity index (χ1) is 16.8. The van der Waals surface area contributed by atoms with Crippen molar-refractivity contribution in [2.75, 3.05) is 23.3 Å². The van der Waals surface area contributed by atoms with Crippen LogP contribution in [0.3, 0.4) is 0 Å². The molecule has 1 aliphatic carbocycles. The van der Waals surface area contributed by atoms with E-state index in [1.165, 1.54) is 12.1 Å². The van der Waals surface area contributed by atoms with Gasteiger partial charge in [-0.1, -0.05) is 17.3 Å². The molecular formula is C23H26F3N7O2. The van der Waals surface area contributed by atoms with Gasteiger partial charge < -0.3 is 19.5 Å². The number of nitrogens with one attached hydrogen (secondary N) is 1. The topological polar surface area (TPSA) is 94.1 Å². The van der Waals surface area contributed by atoms with Crippen LogP contribution in [0.4, 0.5) is 25.1 Å². The van der Waals surface area contributed by atoms with Crippen molar-refractivity contribution < 1.29 is 22.4 Å². The zero-order valence-corrected chi connectivity index (χ0v) is 19.2. The predicted molar refractivity (Wildman–Crippen MR) is 119 cm³/mol. The molecule has 2 bridgehead atoms. The number of alkyl halides is 3. The van der Waals surface area contributed by atoms with E-state index in [9.17, 15) is 13.2 Å². The Kier molecular flexibility index (Phi) is 5.33. The second-order valence-electron chi connectivity index (χ2n) is 9.63. The van der Waals surface area contributed by atoms with E-state index in [1.54, 1.807) is 12.1 Å². The van der Waals surface area contributed by atoms with Crippen molar-refractivity contribution in [1.82, 2.24) is 24.9 Å². The molecule has 1 saturated carbocycles. The maximum absolute atomic E-state index is 12.5. The van der Waals surface area contributed by atoms with Crippen molar-refractivity contribution in [3.8, 4) is 5.75 Å². The summed E-state index contributed by atoms with van der Waals surface area (Å²) in [5.41, 5.74) is 0.905. The van der Waals surface area contributed by atoms with Crippen molar-refractivity contribution in [3.63, 3.8) is 0 Å². The molecule has 0 amide bonds. The van der Waals surface area contributed by atoms with Gasteiger partial charge in [-0.2, -0.15) is 9.97 Å². The number of anilines is 2. The molecule has 4 heterocycles. The highest BCUT2D eigenvalue weighted by Crippen LogP contribution is 2.40. The van der Waals surface area contributed by atoms with Crippen molar-refractivity contribution in [2.24, 2.45) is 11.8 Å². The Bertz CT molecular complexity index is 1180. The number of halogens is 3. The lowest BCUT2D eigenvalue weighted by molar-refractivity contribution is -0.274. The second-order valence-corrected chi connectivity index (χ2v) is 9.63. The quantitative estimate of drug-likeness (QED) is 0.572. The Hall–Kier alpha value is -3.31. The average Bonchev–Trinajstić information content (AvgIpc) is 3.48. The van der Waals surface area contributed by atoms with Crippen LogP contribution >= 0.6 is 0 Å². The van der Waals surface area contributed by atoms with Gasteiger partial charge in [-0.3, -0.25) is 0 Å². The third-order valence-electron chi connectivity index (χ3n) is 7.31. The Balaban J connectivity index is 1.17. The zero-order valence-electron chi connectivity index (χ0n) is 19.2. The monoisotopic (exact) mass is 489 g/mol. The van der Waals surface area contributed by atoms with E-state index in [-0.39, 0.29) is 17.7 Å². The van der Waals surface area contributed by atoms with Gasteiger partial charge in [0.25, 0.3) is 0 Å². The van der Waals surface area contributed by atoms with Gasteiger partial charge in [0.05, 0.1) is 0 Å². The summed E-state index contributed by atoms with van der Waals surface area (Å²) in [6, 6.07) is 6.93. The van der Waals surface area contributed by atoms with E-state index in [2.05, 4.69) is 25.1 Å². The van der Waals surface area contributed by atoms with Gasteiger partial charge >= 0.3 is 12.4 Å². The van der Waals surface area contributed by atoms with Gasteiger partial charge in [-0.15, -0.1) is 18.3 Å². The molecule has 1 aromatic carbocycles. The minimum absolute atomic E-state index is 0.0222. The van der Waals surface area contributed by atoms with E-state index >= 15 is 0 Å². The van der Waals surface area contributed by atoms with Crippen LogP contribution in [0.2, 0.25) is 0 Å². The molecule has 2 fully saturated rings. The molecule has 6 rings (SSSR count). The molecule has 1 N–H and O–H groups in total. The molecule has 2 aromatic heterocycles. The second kappa shape index (κ2) is 8.42. The highest BCUT2D eigenvalue weighted by atomic mass is 19.4. The van der Waals surface area contributed by atoms with Gasteiger partial charge in [-0.25, -0.2) is 4.68 Å². The third-order valence-corrected chi connectivity index (χ3v) is 7.31. The summed E-state index contributed by atoms with van der Waals surface area (Å²) in [5.74, 6) is 2.71. The molecule has 3 unspecified atom stereocenters. The van der Waals surface area contributed by atoms with Crippen LogP contribution in [0.15, 0.2) is 28.8 Å². The molecule has 12 heteroatoms. The van der Waals surface area contributed by atoms with Crippen LogP contribution < -0.4 is 15.0 Å². The minimum atomic E-state index is -4.70. The lowest BCUT2D eigenvalue weighted by Crippen LogP contribution is -2.48. The molecule has 2 aliphatic heterocycles. The molecule has 0 radical (unpaired) electrons. The maximum Gasteiger partial charge on any atom is 0.573 e. The summed E-state index contributed by atoms with van der Waals surface area (Å²) >= 11 is 0. The largest absolute Gasteiger partial charge is 0.573 e. The van der Waals surface area contributed by atoms with Gasteiger partial charge in [-0.05, 0) is 62.1 Å². The van der Waals surface area contributed by atoms with Crippen LogP contribution in [0.5, 0.6) is 5.75 Å². The van der Waals surface area contributed by atoms with E-state index in [4.69, 9.17) is 14.6 Å². The minimum Gasteiger partial charge on any atom is -0.406 e. The molecule has 3 aromatic rings. The first kappa shape index (κ1) is 22.2. The van der Waals surface area contributed by atoms with Crippen LogP contribution in [0.1, 0.15) is 48.8 Å². The molecule has 3 atom stereocenters. The standard InChI is InChI=1S/C23H26F3N7O2/c1-13-27-22(35-31-13)32-11-15-4-5-16(12-32)19(15)28-21-29-20-18(3-2-10-33(20)30-21)14-6-8-17(9-7-14)34-23(24,25)26/h6-9,15-16,18-19H,2-5,10-12H2,1H3,(H,28,30). The summed E-state index contributed by atoms with van der Waals surface area (Å²) in [4.78, 5) is 11.4. The van der Waals surface area contributed by atoms with Crippen molar-refractivity contribution >= 4 is 12.0 Å². The van der Waals surface area contributed by atoms with E-state index < -0.39 is 6.36 Å². The molecule has 35 heavy (non-hydrogen) atoms. The van der Waals surface area contributed by atoms with Gasteiger partial charge in [0, 0.05) is 31.6 Å². The first-order valence-electron chi connectivity index (χ1n) is 11.9. The Morgan fingerprint density at radius 3 is 2.46 bits per heavy atom. The number of fused-ring (bicyclic) bond motifs is 3. The van der Waals surface area contributed by atoms with Crippen LogP contribution in [0.25, 0.3) is 0 Å². The number of benzene rings is 1. The van der Waals surface area contributed by atoms with Gasteiger partial charge in [0.15, 0.2) is 5.82 Å². The highest BCUT2D eigenvalue weighted by Gasteiger charge is 2.44. The zero-order chi connectivity index (χ0) is 24.2. The fraction of sp³-hybridized carbons (Fsp3) is 0.565. The third kappa shape index (κ3) is 4.41. The Labute approximate surface area is 199 Å². The fourth-order valence-electron chi connectivity index (χ4n) is 5.81. The van der Waals surface area contributed by atoms with Crippen LogP contribution in [0, 0.1) is 18.8 Å². The number of rotatable bonds is 5. The van der Waals surface area contributed by atoms with E-state index in [1.807, 2.05) is 11.6 Å². The lowest BCUT2D eigenvalue weighted by Gasteiger charge is -2.37. The number of hydrogen-bond acceptors (Lipinski definition) is 8. The molecule has 186 valence electrons. The summed E-state index contributed by atoms with van der Waals surface area (Å²) in [6.45, 7) is 4.29. The average molecular weight is 490 g/mol. The summed E-state index contributed by atoms with van der Waals surface area (Å²) in [7, 11) is 0. The molecule has 3 aliphatic rings. The number of nitrogens with zero attached hydrogens (tertiary/aromatic N) is 6. The maximum atomic E-state index is 12.5. The Morgan fingerprint density at radius 2 is 1.80 bits per heavy atom. The van der Waals surface area contributed by atoms with Crippen LogP contribution in [-0.2, 0) is 6.54 Å². The smallest absolute Gasteiger partial charge is 0.406 e. The summed E-state index contributed by atoms with van der Waals surface area (Å²) in [5, 5.41) is 12.2. The number of piperidine rings is 1. The molecule has 9 nitrogen and oxygen atoms in total. The molecule has 1 saturated heterocycles. The van der Waals surface area contributed by atoms with E-state index in [0.717, 1.165) is 56.7 Å². The van der Waals surface area contributed by atoms with E-state index in [0.29, 0.717) is 29.6 Å². The van der Waals surface area contributed by atoms with Gasteiger partial charge in [0.2, 0.25) is 5.95 Å². The summed E-state index contributed by atoms with van der Waals surface area (Å²) in [6.07, 6.45) is -0.671. The molecular weight excluding hydrogens is 463 g/mol. The molecule has 0 spiro atoms. The van der Waals surface area contributed by atoms with Gasteiger partial charge in [0.1, 0.15) is 11.6 Å². The highest BCUT2D eigenvalue weighted by molar-refractivity contribution is 5.37. The summed E-state index contributed by atoms with van der Waals surface area (Å²) < 4.78 is 48.8. The van der Waals surface area contributed by atoms with Crippen molar-refractivity contribution in [2.45, 2.75) is 57.5 Å². The van der Waals surface area contributed by atoms with Crippen LogP contribution in [-0.4, -0.2) is 50.4 Å². The number of hydrogen-bond donors (Lipinski definition) is 1. The number of aromatic nitrogens is 5. The SMILES string of the molecule is Cc1noc(N2CC3CCC(C2)C3Nc2nc3n(n2)CCCC3c2ccc(OC(F)(F)F)cc2)n1. The first-order valence-corrected chi connectivity index (χ1v) is 11.9. The Morgan fingerprint density at radius 1 is 1.06 bits per heavy atom. The number of aryl methyl sites for hydroxylation is 2. The fourth-order valence-corrected chi connectivity index (χ4v) is 5.81. The lowest BCUT2D eigenvalue weighted by atomic mass is 9.91. The normalized spacial score (nSPS) is 26.0.